The molecule has 1 unspecified atom stereocenters. The SMILES string of the molecule is CCCc1nc(NC)c(C)c(N2CCCC(COC)C2)n1. The van der Waals surface area contributed by atoms with Gasteiger partial charge in [0.15, 0.2) is 0 Å². The molecule has 0 radical (unpaired) electrons. The summed E-state index contributed by atoms with van der Waals surface area (Å²) in [5.74, 6) is 3.60. The quantitative estimate of drug-likeness (QED) is 0.873. The van der Waals surface area contributed by atoms with Crippen molar-refractivity contribution in [3.8, 4) is 0 Å². The van der Waals surface area contributed by atoms with E-state index in [1.807, 2.05) is 7.05 Å². The Kier molecular flexibility index (Phi) is 5.79. The van der Waals surface area contributed by atoms with Crippen LogP contribution in [0.5, 0.6) is 0 Å². The van der Waals surface area contributed by atoms with E-state index in [9.17, 15) is 0 Å². The molecule has 118 valence electrons. The first-order valence-electron chi connectivity index (χ1n) is 7.98. The van der Waals surface area contributed by atoms with E-state index in [2.05, 4.69) is 29.0 Å². The fourth-order valence-corrected chi connectivity index (χ4v) is 3.07. The summed E-state index contributed by atoms with van der Waals surface area (Å²) in [6.07, 6.45) is 4.44. The minimum atomic E-state index is 0.603. The van der Waals surface area contributed by atoms with Gasteiger partial charge in [-0.1, -0.05) is 6.92 Å². The number of rotatable bonds is 6. The van der Waals surface area contributed by atoms with Crippen molar-refractivity contribution in [1.82, 2.24) is 9.97 Å². The lowest BCUT2D eigenvalue weighted by Gasteiger charge is -2.34. The van der Waals surface area contributed by atoms with Crippen molar-refractivity contribution < 1.29 is 4.74 Å². The standard InChI is InChI=1S/C16H28N4O/c1-5-7-14-18-15(17-3)12(2)16(19-14)20-9-6-8-13(10-20)11-21-4/h13H,5-11H2,1-4H3,(H,17,18,19). The number of nitrogens with one attached hydrogen (secondary N) is 1. The number of ether oxygens (including phenoxy) is 1. The number of anilines is 2. The van der Waals surface area contributed by atoms with Gasteiger partial charge in [0.25, 0.3) is 0 Å². The van der Waals surface area contributed by atoms with Crippen molar-refractivity contribution >= 4 is 11.6 Å². The van der Waals surface area contributed by atoms with Crippen LogP contribution in [0.4, 0.5) is 11.6 Å². The van der Waals surface area contributed by atoms with E-state index in [0.717, 1.165) is 55.6 Å². The maximum atomic E-state index is 5.33. The number of methoxy groups -OCH3 is 1. The minimum absolute atomic E-state index is 0.603. The zero-order valence-electron chi connectivity index (χ0n) is 13.8. The molecule has 0 aromatic carbocycles. The van der Waals surface area contributed by atoms with Crippen LogP contribution < -0.4 is 10.2 Å². The molecule has 1 aromatic rings. The highest BCUT2D eigenvalue weighted by molar-refractivity contribution is 5.58. The van der Waals surface area contributed by atoms with Gasteiger partial charge in [0.1, 0.15) is 17.5 Å². The van der Waals surface area contributed by atoms with Crippen LogP contribution in [0.1, 0.15) is 37.6 Å². The third-order valence-electron chi connectivity index (χ3n) is 4.10. The lowest BCUT2D eigenvalue weighted by Crippen LogP contribution is -2.38. The largest absolute Gasteiger partial charge is 0.384 e. The summed E-state index contributed by atoms with van der Waals surface area (Å²) < 4.78 is 5.33. The van der Waals surface area contributed by atoms with Gasteiger partial charge in [0.2, 0.25) is 0 Å². The molecule has 1 aliphatic heterocycles. The Morgan fingerprint density at radius 2 is 2.19 bits per heavy atom. The minimum Gasteiger partial charge on any atom is -0.384 e. The molecule has 2 heterocycles. The third kappa shape index (κ3) is 3.84. The Hall–Kier alpha value is -1.36. The van der Waals surface area contributed by atoms with E-state index in [1.54, 1.807) is 7.11 Å². The van der Waals surface area contributed by atoms with Crippen LogP contribution in [0.2, 0.25) is 0 Å². The lowest BCUT2D eigenvalue weighted by molar-refractivity contribution is 0.143. The highest BCUT2D eigenvalue weighted by Crippen LogP contribution is 2.28. The molecule has 1 N–H and O–H groups in total. The molecule has 0 bridgehead atoms. The van der Waals surface area contributed by atoms with Crippen LogP contribution in [0.3, 0.4) is 0 Å². The molecule has 1 aliphatic rings. The van der Waals surface area contributed by atoms with E-state index < -0.39 is 0 Å². The predicted molar refractivity (Wildman–Crippen MR) is 87.1 cm³/mol. The Morgan fingerprint density at radius 1 is 1.38 bits per heavy atom. The van der Waals surface area contributed by atoms with Gasteiger partial charge in [-0.05, 0) is 32.1 Å². The van der Waals surface area contributed by atoms with Crippen LogP contribution in [0.15, 0.2) is 0 Å². The number of hydrogen-bond donors (Lipinski definition) is 1. The molecule has 5 nitrogen and oxygen atoms in total. The monoisotopic (exact) mass is 292 g/mol. The topological polar surface area (TPSA) is 50.3 Å². The summed E-state index contributed by atoms with van der Waals surface area (Å²) in [5.41, 5.74) is 1.15. The van der Waals surface area contributed by atoms with Crippen molar-refractivity contribution in [2.45, 2.75) is 39.5 Å². The summed E-state index contributed by atoms with van der Waals surface area (Å²) in [5, 5.41) is 3.21. The van der Waals surface area contributed by atoms with Gasteiger partial charge in [-0.3, -0.25) is 0 Å². The van der Waals surface area contributed by atoms with Crippen molar-refractivity contribution in [3.63, 3.8) is 0 Å². The smallest absolute Gasteiger partial charge is 0.137 e. The summed E-state index contributed by atoms with van der Waals surface area (Å²) in [4.78, 5) is 11.8. The normalized spacial score (nSPS) is 18.9. The van der Waals surface area contributed by atoms with Crippen LogP contribution in [0, 0.1) is 12.8 Å². The van der Waals surface area contributed by atoms with Gasteiger partial charge in [-0.15, -0.1) is 0 Å². The number of nitrogens with zero attached hydrogens (tertiary/aromatic N) is 3. The molecule has 0 amide bonds. The van der Waals surface area contributed by atoms with Gasteiger partial charge in [0, 0.05) is 39.2 Å². The average molecular weight is 292 g/mol. The maximum absolute atomic E-state index is 5.33. The zero-order chi connectivity index (χ0) is 15.2. The van der Waals surface area contributed by atoms with E-state index >= 15 is 0 Å². The molecular weight excluding hydrogens is 264 g/mol. The second-order valence-corrected chi connectivity index (χ2v) is 5.85. The summed E-state index contributed by atoms with van der Waals surface area (Å²) in [6, 6.07) is 0. The number of piperidine rings is 1. The average Bonchev–Trinajstić information content (AvgIpc) is 2.49. The zero-order valence-corrected chi connectivity index (χ0v) is 13.8. The van der Waals surface area contributed by atoms with Gasteiger partial charge in [-0.25, -0.2) is 9.97 Å². The first-order valence-corrected chi connectivity index (χ1v) is 7.98. The molecule has 21 heavy (non-hydrogen) atoms. The predicted octanol–water partition coefficient (Wildman–Crippen LogP) is 2.64. The highest BCUT2D eigenvalue weighted by Gasteiger charge is 2.23. The Labute approximate surface area is 128 Å². The molecule has 1 aromatic heterocycles. The second kappa shape index (κ2) is 7.59. The number of hydrogen-bond acceptors (Lipinski definition) is 5. The Morgan fingerprint density at radius 3 is 2.86 bits per heavy atom. The van der Waals surface area contributed by atoms with Crippen LogP contribution in [-0.2, 0) is 11.2 Å². The van der Waals surface area contributed by atoms with E-state index in [4.69, 9.17) is 9.72 Å². The Balaban J connectivity index is 2.26. The molecule has 0 spiro atoms. The van der Waals surface area contributed by atoms with Crippen molar-refractivity contribution in [3.05, 3.63) is 11.4 Å². The molecule has 1 saturated heterocycles. The van der Waals surface area contributed by atoms with E-state index in [0.29, 0.717) is 5.92 Å². The molecule has 2 rings (SSSR count). The lowest BCUT2D eigenvalue weighted by atomic mass is 9.98. The highest BCUT2D eigenvalue weighted by atomic mass is 16.5. The fourth-order valence-electron chi connectivity index (χ4n) is 3.07. The van der Waals surface area contributed by atoms with Gasteiger partial charge in [0.05, 0.1) is 6.61 Å². The van der Waals surface area contributed by atoms with Crippen LogP contribution in [0.25, 0.3) is 0 Å². The van der Waals surface area contributed by atoms with Crippen LogP contribution >= 0.6 is 0 Å². The molecule has 1 fully saturated rings. The third-order valence-corrected chi connectivity index (χ3v) is 4.10. The second-order valence-electron chi connectivity index (χ2n) is 5.85. The summed E-state index contributed by atoms with van der Waals surface area (Å²) in [7, 11) is 3.71. The van der Waals surface area contributed by atoms with Crippen molar-refractivity contribution in [1.29, 1.82) is 0 Å². The van der Waals surface area contributed by atoms with Crippen LogP contribution in [-0.4, -0.2) is 43.8 Å². The van der Waals surface area contributed by atoms with E-state index in [-0.39, 0.29) is 0 Å². The molecule has 0 aliphatic carbocycles. The Bertz CT molecular complexity index is 462. The molecule has 0 saturated carbocycles. The number of aromatic nitrogens is 2. The molecular formula is C16H28N4O. The van der Waals surface area contributed by atoms with Gasteiger partial charge < -0.3 is 15.0 Å². The first kappa shape index (κ1) is 16.0. The van der Waals surface area contributed by atoms with E-state index in [1.165, 1.54) is 12.8 Å². The van der Waals surface area contributed by atoms with Crippen molar-refractivity contribution in [2.75, 3.05) is 44.1 Å². The van der Waals surface area contributed by atoms with Gasteiger partial charge >= 0.3 is 0 Å². The first-order chi connectivity index (χ1) is 10.2. The van der Waals surface area contributed by atoms with Crippen molar-refractivity contribution in [2.24, 2.45) is 5.92 Å². The summed E-state index contributed by atoms with van der Waals surface area (Å²) >= 11 is 0. The van der Waals surface area contributed by atoms with Gasteiger partial charge in [-0.2, -0.15) is 0 Å². The number of aryl methyl sites for hydroxylation is 1. The molecule has 5 heteroatoms. The summed E-state index contributed by atoms with van der Waals surface area (Å²) in [6.45, 7) is 7.21. The maximum Gasteiger partial charge on any atom is 0.137 e. The fraction of sp³-hybridized carbons (Fsp3) is 0.750. The molecule has 1 atom stereocenters.